The first-order valence-corrected chi connectivity index (χ1v) is 19.8. The van der Waals surface area contributed by atoms with E-state index < -0.39 is 22.2 Å². The zero-order valence-corrected chi connectivity index (χ0v) is 29.6. The van der Waals surface area contributed by atoms with Crippen LogP contribution >= 0.6 is 0 Å². The van der Waals surface area contributed by atoms with Crippen molar-refractivity contribution in [2.45, 2.75) is 130 Å². The van der Waals surface area contributed by atoms with Crippen molar-refractivity contribution < 1.29 is 19.4 Å². The highest BCUT2D eigenvalue weighted by Gasteiger charge is 2.86. The molecule has 2 saturated heterocycles. The van der Waals surface area contributed by atoms with Gasteiger partial charge in [-0.25, -0.2) is 0 Å². The van der Waals surface area contributed by atoms with Crippen LogP contribution in [0.1, 0.15) is 118 Å². The van der Waals surface area contributed by atoms with Crippen molar-refractivity contribution >= 4 is 12.3 Å². The van der Waals surface area contributed by atoms with Gasteiger partial charge in [0.05, 0.1) is 17.6 Å². The van der Waals surface area contributed by atoms with Crippen molar-refractivity contribution in [2.75, 3.05) is 39.3 Å². The van der Waals surface area contributed by atoms with Gasteiger partial charge in [0.1, 0.15) is 11.7 Å². The maximum absolute atomic E-state index is 14.2. The summed E-state index contributed by atoms with van der Waals surface area (Å²) in [5.74, 6) is 1.75. The Hall–Kier alpha value is -1.24. The lowest BCUT2D eigenvalue weighted by Crippen LogP contribution is -2.65. The molecule has 2 aliphatic heterocycles. The average Bonchev–Trinajstić information content (AvgIpc) is 3.70. The van der Waals surface area contributed by atoms with Crippen molar-refractivity contribution in [3.63, 3.8) is 0 Å². The number of hydrogen-bond acceptors (Lipinski definition) is 5. The summed E-state index contributed by atoms with van der Waals surface area (Å²) in [6.45, 7) is 15.7. The molecule has 7 aliphatic rings. The van der Waals surface area contributed by atoms with Gasteiger partial charge < -0.3 is 19.5 Å². The van der Waals surface area contributed by atoms with Crippen LogP contribution in [0.2, 0.25) is 0 Å². The summed E-state index contributed by atoms with van der Waals surface area (Å²) in [6.07, 6.45) is 20.2. The first kappa shape index (κ1) is 33.3. The Morgan fingerprint density at radius 2 is 1.76 bits per heavy atom. The van der Waals surface area contributed by atoms with Crippen LogP contribution in [0.5, 0.6) is 0 Å². The second-order valence-corrected chi connectivity index (χ2v) is 17.5. The van der Waals surface area contributed by atoms with E-state index in [2.05, 4.69) is 43.6 Å². The number of carboxylic acid groups (broad SMARTS) is 1. The van der Waals surface area contributed by atoms with Crippen LogP contribution in [0.15, 0.2) is 11.6 Å². The molecule has 2 heterocycles. The monoisotopic (exact) mass is 636 g/mol. The molecule has 10 atom stereocenters. The normalized spacial score (nSPS) is 44.5. The van der Waals surface area contributed by atoms with Crippen LogP contribution in [-0.2, 0) is 14.3 Å². The molecule has 6 heteroatoms. The van der Waals surface area contributed by atoms with E-state index in [0.29, 0.717) is 30.1 Å². The molecule has 0 spiro atoms. The van der Waals surface area contributed by atoms with E-state index in [4.69, 9.17) is 4.74 Å². The molecule has 0 radical (unpaired) electrons. The summed E-state index contributed by atoms with van der Waals surface area (Å²) in [5, 5.41) is 11.7. The van der Waals surface area contributed by atoms with Gasteiger partial charge in [-0.3, -0.25) is 9.69 Å². The predicted molar refractivity (Wildman–Crippen MR) is 182 cm³/mol. The number of nitrogens with zero attached hydrogens (tertiary/aromatic N) is 2. The summed E-state index contributed by atoms with van der Waals surface area (Å²) in [6, 6.07) is 0. The van der Waals surface area contributed by atoms with Gasteiger partial charge in [-0.2, -0.15) is 0 Å². The molecule has 46 heavy (non-hydrogen) atoms. The Bertz CT molecular complexity index is 1160. The molecular formula is C40H64N2O4. The van der Waals surface area contributed by atoms with Crippen molar-refractivity contribution in [2.24, 2.45) is 57.7 Å². The number of aliphatic carboxylic acids is 1. The van der Waals surface area contributed by atoms with Gasteiger partial charge in [-0.15, -0.1) is 0 Å². The maximum atomic E-state index is 14.2. The fourth-order valence-electron chi connectivity index (χ4n) is 13.5. The highest BCUT2D eigenvalue weighted by molar-refractivity contribution is 5.90. The average molecular weight is 637 g/mol. The highest BCUT2D eigenvalue weighted by atomic mass is 16.5. The molecule has 4 saturated carbocycles. The number of ether oxygens (including phenoxy) is 1. The minimum atomic E-state index is -1.14. The Labute approximate surface area is 279 Å². The highest BCUT2D eigenvalue weighted by Crippen LogP contribution is 2.84. The second kappa shape index (κ2) is 12.9. The zero-order chi connectivity index (χ0) is 32.3. The number of fused-ring (bicyclic) bond motifs is 2. The SMILES string of the molecule is CCN(CCN1CCCCC1)CC1OC(C23C[C@@H]4[C@H](C)CC[C@H]4C4(C=O)CC2C=C(C(C)C)[C@@]34C(=O)O)CC1C1CCCCCC1. The van der Waals surface area contributed by atoms with Gasteiger partial charge in [0.25, 0.3) is 0 Å². The van der Waals surface area contributed by atoms with Crippen LogP contribution in [-0.4, -0.2) is 78.6 Å². The van der Waals surface area contributed by atoms with E-state index in [1.54, 1.807) is 0 Å². The van der Waals surface area contributed by atoms with Crippen molar-refractivity contribution in [3.8, 4) is 0 Å². The molecule has 258 valence electrons. The number of carbonyl (C=O) groups is 2. The minimum Gasteiger partial charge on any atom is -0.481 e. The van der Waals surface area contributed by atoms with E-state index in [1.165, 1.54) is 77.2 Å². The van der Waals surface area contributed by atoms with Crippen molar-refractivity contribution in [3.05, 3.63) is 11.6 Å². The summed E-state index contributed by atoms with van der Waals surface area (Å²) in [7, 11) is 0. The predicted octanol–water partition coefficient (Wildman–Crippen LogP) is 7.46. The molecule has 6 nitrogen and oxygen atoms in total. The van der Waals surface area contributed by atoms with E-state index in [0.717, 1.165) is 57.4 Å². The molecule has 4 bridgehead atoms. The van der Waals surface area contributed by atoms with Gasteiger partial charge in [-0.05, 0) is 99.6 Å². The summed E-state index contributed by atoms with van der Waals surface area (Å²) in [4.78, 5) is 33.2. The quantitative estimate of drug-likeness (QED) is 0.144. The molecule has 7 rings (SSSR count). The lowest BCUT2D eigenvalue weighted by atomic mass is 9.41. The molecule has 0 aromatic rings. The Balaban J connectivity index is 1.25. The molecule has 1 N–H and O–H groups in total. The number of aldehydes is 1. The number of piperidine rings is 1. The van der Waals surface area contributed by atoms with Crippen molar-refractivity contribution in [1.82, 2.24) is 9.80 Å². The number of hydrogen-bond donors (Lipinski definition) is 1. The number of rotatable bonds is 11. The first-order chi connectivity index (χ1) is 22.2. The van der Waals surface area contributed by atoms with E-state index in [9.17, 15) is 14.7 Å². The standard InChI is InChI=1S/C40H64N2O4/c1-5-41(19-20-42-17-11-8-12-18-42)25-35-31(29-13-9-6-7-10-14-29)22-36(46-35)39-24-32-28(4)15-16-33(32)38(26-43)23-30(39)21-34(27(2)3)40(38,39)37(44)45/h21,26-33,35-36H,5-20,22-25H2,1-4H3,(H,44,45)/t28-,30?,31?,32-,33-,35?,36?,38?,39?,40+/m1/s1. The zero-order valence-electron chi connectivity index (χ0n) is 29.6. The van der Waals surface area contributed by atoms with Crippen LogP contribution in [0.25, 0.3) is 0 Å². The fourth-order valence-corrected chi connectivity index (χ4v) is 13.5. The Morgan fingerprint density at radius 1 is 1.04 bits per heavy atom. The van der Waals surface area contributed by atoms with E-state index in [-0.39, 0.29) is 30.0 Å². The van der Waals surface area contributed by atoms with Gasteiger partial charge in [0.2, 0.25) is 0 Å². The first-order valence-electron chi connectivity index (χ1n) is 19.8. The summed E-state index contributed by atoms with van der Waals surface area (Å²) < 4.78 is 7.54. The molecule has 0 aromatic carbocycles. The molecule has 5 aliphatic carbocycles. The Kier molecular flexibility index (Phi) is 9.33. The maximum Gasteiger partial charge on any atom is 0.315 e. The minimum absolute atomic E-state index is 0.101. The second-order valence-electron chi connectivity index (χ2n) is 17.5. The van der Waals surface area contributed by atoms with Crippen LogP contribution in [0, 0.1) is 57.7 Å². The molecule has 6 unspecified atom stereocenters. The molecule has 0 amide bonds. The van der Waals surface area contributed by atoms with Crippen LogP contribution in [0.3, 0.4) is 0 Å². The number of likely N-dealkylation sites (tertiary alicyclic amines) is 1. The summed E-state index contributed by atoms with van der Waals surface area (Å²) >= 11 is 0. The third-order valence-electron chi connectivity index (χ3n) is 15.4. The van der Waals surface area contributed by atoms with Gasteiger partial charge in [0, 0.05) is 25.0 Å². The van der Waals surface area contributed by atoms with Gasteiger partial charge in [0.15, 0.2) is 0 Å². The van der Waals surface area contributed by atoms with Crippen LogP contribution < -0.4 is 0 Å². The topological polar surface area (TPSA) is 70.1 Å². The number of allylic oxidation sites excluding steroid dienone is 1. The third kappa shape index (κ3) is 4.79. The van der Waals surface area contributed by atoms with Crippen LogP contribution in [0.4, 0.5) is 0 Å². The number of carboxylic acids is 1. The molecule has 6 fully saturated rings. The lowest BCUT2D eigenvalue weighted by molar-refractivity contribution is -0.197. The largest absolute Gasteiger partial charge is 0.481 e. The van der Waals surface area contributed by atoms with Crippen molar-refractivity contribution in [1.29, 1.82) is 0 Å². The molecule has 0 aromatic heterocycles. The smallest absolute Gasteiger partial charge is 0.315 e. The lowest BCUT2D eigenvalue weighted by Gasteiger charge is -2.60. The van der Waals surface area contributed by atoms with Gasteiger partial charge in [-0.1, -0.05) is 90.7 Å². The third-order valence-corrected chi connectivity index (χ3v) is 15.4. The molecular weight excluding hydrogens is 572 g/mol. The van der Waals surface area contributed by atoms with E-state index >= 15 is 0 Å². The number of likely N-dealkylation sites (N-methyl/N-ethyl adjacent to an activating group) is 1. The van der Waals surface area contributed by atoms with Gasteiger partial charge >= 0.3 is 5.97 Å². The Morgan fingerprint density at radius 3 is 2.41 bits per heavy atom. The summed E-state index contributed by atoms with van der Waals surface area (Å²) in [5.41, 5.74) is -1.43. The fraction of sp³-hybridized carbons (Fsp3) is 0.900. The number of carbonyl (C=O) groups excluding carboxylic acids is 1. The van der Waals surface area contributed by atoms with E-state index in [1.807, 2.05) is 0 Å².